The molecule has 15 heavy (non-hydrogen) atoms. The molecule has 0 rings (SSSR count). The quantitative estimate of drug-likeness (QED) is 0.467. The molecule has 4 heteroatoms. The zero-order chi connectivity index (χ0) is 11.5. The molecule has 4 nitrogen and oxygen atoms in total. The first-order valence-electron chi connectivity index (χ1n) is 5.25. The van der Waals surface area contributed by atoms with E-state index < -0.39 is 6.23 Å². The Hall–Kier alpha value is -0.710. The highest BCUT2D eigenvalue weighted by Crippen LogP contribution is 2.04. The summed E-state index contributed by atoms with van der Waals surface area (Å²) < 4.78 is 4.80. The summed E-state index contributed by atoms with van der Waals surface area (Å²) in [7, 11) is 3.32. The van der Waals surface area contributed by atoms with Crippen molar-refractivity contribution in [3.05, 3.63) is 11.6 Å². The summed E-state index contributed by atoms with van der Waals surface area (Å²) in [5.41, 5.74) is 1.32. The smallest absolute Gasteiger partial charge is 0.128 e. The number of nitrogens with one attached hydrogen (secondary N) is 1. The molecule has 88 valence electrons. The van der Waals surface area contributed by atoms with Gasteiger partial charge in [0.25, 0.3) is 0 Å². The number of aliphatic hydroxyl groups excluding tert-OH is 1. The lowest BCUT2D eigenvalue weighted by Crippen LogP contribution is -2.33. The molecule has 0 aromatic heterocycles. The number of nitrogens with zero attached hydrogens (tertiary/aromatic N) is 1. The van der Waals surface area contributed by atoms with Gasteiger partial charge in [-0.25, -0.2) is 0 Å². The fourth-order valence-electron chi connectivity index (χ4n) is 1.17. The maximum absolute atomic E-state index is 9.33. The minimum atomic E-state index is -0.576. The molecular weight excluding hydrogens is 192 g/mol. The molecule has 0 amide bonds. The highest BCUT2D eigenvalue weighted by molar-refractivity contribution is 5.71. The minimum absolute atomic E-state index is 0.321. The lowest BCUT2D eigenvalue weighted by molar-refractivity contribution is 0.0430. The number of hydrogen-bond donors (Lipinski definition) is 2. The summed E-state index contributed by atoms with van der Waals surface area (Å²) in [4.78, 5) is 3.90. The standard InChI is InChI=1S/C11H22N2O2/c1-4-10(5-7-12-2)6-8-13-11(14)9-15-3/h5,7,11,13-14H,4,6,8-9H2,1-3H3/b10-5+,12-7-. The van der Waals surface area contributed by atoms with Gasteiger partial charge in [0.15, 0.2) is 0 Å². The molecule has 0 aliphatic rings. The first-order valence-corrected chi connectivity index (χ1v) is 5.25. The maximum atomic E-state index is 9.33. The third-order valence-corrected chi connectivity index (χ3v) is 2.06. The van der Waals surface area contributed by atoms with Crippen molar-refractivity contribution in [3.8, 4) is 0 Å². The van der Waals surface area contributed by atoms with Gasteiger partial charge in [-0.15, -0.1) is 0 Å². The van der Waals surface area contributed by atoms with Gasteiger partial charge in [-0.2, -0.15) is 0 Å². The van der Waals surface area contributed by atoms with Crippen LogP contribution in [0.25, 0.3) is 0 Å². The molecule has 0 aromatic carbocycles. The van der Waals surface area contributed by atoms with Crippen LogP contribution in [0.5, 0.6) is 0 Å². The van der Waals surface area contributed by atoms with E-state index in [0.717, 1.165) is 19.4 Å². The van der Waals surface area contributed by atoms with Crippen molar-refractivity contribution >= 4 is 6.21 Å². The Morgan fingerprint density at radius 1 is 1.60 bits per heavy atom. The first kappa shape index (κ1) is 14.3. The van der Waals surface area contributed by atoms with E-state index in [1.807, 2.05) is 6.08 Å². The Morgan fingerprint density at radius 3 is 2.87 bits per heavy atom. The summed E-state index contributed by atoms with van der Waals surface area (Å²) >= 11 is 0. The molecule has 0 saturated heterocycles. The normalized spacial score (nSPS) is 14.8. The Morgan fingerprint density at radius 2 is 2.33 bits per heavy atom. The predicted octanol–water partition coefficient (Wildman–Crippen LogP) is 0.968. The van der Waals surface area contributed by atoms with E-state index in [-0.39, 0.29) is 0 Å². The third-order valence-electron chi connectivity index (χ3n) is 2.06. The van der Waals surface area contributed by atoms with Crippen molar-refractivity contribution in [1.29, 1.82) is 0 Å². The highest BCUT2D eigenvalue weighted by Gasteiger charge is 2.01. The fraction of sp³-hybridized carbons (Fsp3) is 0.727. The van der Waals surface area contributed by atoms with Gasteiger partial charge >= 0.3 is 0 Å². The number of rotatable bonds is 8. The molecule has 0 aromatic rings. The van der Waals surface area contributed by atoms with Crippen LogP contribution in [0.15, 0.2) is 16.6 Å². The number of allylic oxidation sites excluding steroid dienone is 1. The third kappa shape index (κ3) is 8.30. The van der Waals surface area contributed by atoms with Crippen LogP contribution in [0.2, 0.25) is 0 Å². The van der Waals surface area contributed by atoms with Gasteiger partial charge < -0.3 is 9.84 Å². The van der Waals surface area contributed by atoms with Crippen LogP contribution in [-0.2, 0) is 4.74 Å². The van der Waals surface area contributed by atoms with Gasteiger partial charge in [-0.3, -0.25) is 10.3 Å². The Kier molecular flexibility index (Phi) is 9.36. The van der Waals surface area contributed by atoms with Gasteiger partial charge in [0, 0.05) is 26.9 Å². The molecule has 0 radical (unpaired) electrons. The van der Waals surface area contributed by atoms with E-state index in [0.29, 0.717) is 6.61 Å². The number of ether oxygens (including phenoxy) is 1. The number of aliphatic imine (C=N–C) groups is 1. The molecule has 0 aliphatic heterocycles. The molecule has 2 N–H and O–H groups in total. The van der Waals surface area contributed by atoms with Crippen molar-refractivity contribution in [3.63, 3.8) is 0 Å². The maximum Gasteiger partial charge on any atom is 0.128 e. The van der Waals surface area contributed by atoms with E-state index in [1.54, 1.807) is 20.4 Å². The molecule has 1 atom stereocenters. The van der Waals surface area contributed by atoms with E-state index >= 15 is 0 Å². The van der Waals surface area contributed by atoms with Crippen LogP contribution in [0, 0.1) is 0 Å². The van der Waals surface area contributed by atoms with Crippen molar-refractivity contribution in [2.24, 2.45) is 4.99 Å². The fourth-order valence-corrected chi connectivity index (χ4v) is 1.17. The van der Waals surface area contributed by atoms with Crippen LogP contribution < -0.4 is 5.32 Å². The highest BCUT2D eigenvalue weighted by atomic mass is 16.5. The number of aliphatic hydroxyl groups is 1. The van der Waals surface area contributed by atoms with Gasteiger partial charge in [0.05, 0.1) is 6.61 Å². The van der Waals surface area contributed by atoms with Crippen LogP contribution in [0.4, 0.5) is 0 Å². The summed E-state index contributed by atoms with van der Waals surface area (Å²) in [6.45, 7) is 3.18. The van der Waals surface area contributed by atoms with Gasteiger partial charge in [-0.1, -0.05) is 12.5 Å². The van der Waals surface area contributed by atoms with E-state index in [4.69, 9.17) is 4.74 Å². The largest absolute Gasteiger partial charge is 0.381 e. The van der Waals surface area contributed by atoms with Crippen molar-refractivity contribution in [2.45, 2.75) is 26.0 Å². The van der Waals surface area contributed by atoms with Crippen LogP contribution in [0.1, 0.15) is 19.8 Å². The van der Waals surface area contributed by atoms with Crippen molar-refractivity contribution < 1.29 is 9.84 Å². The first-order chi connectivity index (χ1) is 7.24. The van der Waals surface area contributed by atoms with Gasteiger partial charge in [0.2, 0.25) is 0 Å². The molecule has 0 bridgehead atoms. The second kappa shape index (κ2) is 9.83. The molecular formula is C11H22N2O2. The molecule has 0 spiro atoms. The average Bonchev–Trinajstić information content (AvgIpc) is 2.23. The number of methoxy groups -OCH3 is 1. The molecule has 1 unspecified atom stereocenters. The van der Waals surface area contributed by atoms with Crippen molar-refractivity contribution in [2.75, 3.05) is 27.3 Å². The summed E-state index contributed by atoms with van der Waals surface area (Å²) in [6.07, 6.45) is 5.17. The average molecular weight is 214 g/mol. The van der Waals surface area contributed by atoms with E-state index in [1.165, 1.54) is 5.57 Å². The number of hydrogen-bond acceptors (Lipinski definition) is 4. The second-order valence-corrected chi connectivity index (χ2v) is 3.26. The molecule has 0 aliphatic carbocycles. The van der Waals surface area contributed by atoms with E-state index in [9.17, 15) is 5.11 Å². The Bertz CT molecular complexity index is 203. The summed E-state index contributed by atoms with van der Waals surface area (Å²) in [6, 6.07) is 0. The SMILES string of the molecule is CC/C(=C\C=N/C)CCNC(O)COC. The molecule has 0 fully saturated rings. The lowest BCUT2D eigenvalue weighted by atomic mass is 10.1. The monoisotopic (exact) mass is 214 g/mol. The van der Waals surface area contributed by atoms with Gasteiger partial charge in [-0.05, 0) is 18.9 Å². The Balaban J connectivity index is 3.72. The minimum Gasteiger partial charge on any atom is -0.381 e. The second-order valence-electron chi connectivity index (χ2n) is 3.26. The zero-order valence-electron chi connectivity index (χ0n) is 9.86. The van der Waals surface area contributed by atoms with Gasteiger partial charge in [0.1, 0.15) is 6.23 Å². The Labute approximate surface area is 92.1 Å². The molecule has 0 heterocycles. The van der Waals surface area contributed by atoms with Crippen LogP contribution >= 0.6 is 0 Å². The van der Waals surface area contributed by atoms with Crippen LogP contribution in [0.3, 0.4) is 0 Å². The molecule has 0 saturated carbocycles. The topological polar surface area (TPSA) is 53.9 Å². The predicted molar refractivity (Wildman–Crippen MR) is 63.3 cm³/mol. The zero-order valence-corrected chi connectivity index (χ0v) is 9.86. The summed E-state index contributed by atoms with van der Waals surface area (Å²) in [5.74, 6) is 0. The van der Waals surface area contributed by atoms with Crippen LogP contribution in [-0.4, -0.2) is 44.9 Å². The van der Waals surface area contributed by atoms with Crippen molar-refractivity contribution in [1.82, 2.24) is 5.32 Å². The summed E-state index contributed by atoms with van der Waals surface area (Å²) in [5, 5.41) is 12.3. The lowest BCUT2D eigenvalue weighted by Gasteiger charge is -2.12. The van der Waals surface area contributed by atoms with E-state index in [2.05, 4.69) is 17.2 Å².